The Hall–Kier alpha value is -6.50. The fourth-order valence-corrected chi connectivity index (χ4v) is 7.79. The predicted octanol–water partition coefficient (Wildman–Crippen LogP) is 11.9. The van der Waals surface area contributed by atoms with Gasteiger partial charge in [0.05, 0.1) is 15.8 Å². The van der Waals surface area contributed by atoms with E-state index in [4.69, 9.17) is 24.4 Å². The largest absolute Gasteiger partial charge is 0.455 e. The Morgan fingerprint density at radius 1 is 0.420 bits per heavy atom. The van der Waals surface area contributed by atoms with Crippen molar-refractivity contribution in [3.63, 3.8) is 0 Å². The van der Waals surface area contributed by atoms with Crippen molar-refractivity contribution in [2.75, 3.05) is 0 Å². The number of benzene rings is 7. The Balaban J connectivity index is 1.11. The zero-order valence-corrected chi connectivity index (χ0v) is 27.4. The van der Waals surface area contributed by atoms with Gasteiger partial charge in [-0.15, -0.1) is 11.3 Å². The van der Waals surface area contributed by atoms with E-state index in [0.717, 1.165) is 65.8 Å². The first-order valence-electron chi connectivity index (χ1n) is 16.5. The molecule has 234 valence electrons. The van der Waals surface area contributed by atoms with Crippen molar-refractivity contribution in [3.8, 4) is 55.9 Å². The molecule has 7 aromatic carbocycles. The molecule has 5 nitrogen and oxygen atoms in total. The molecule has 0 radical (unpaired) electrons. The molecule has 3 heterocycles. The maximum Gasteiger partial charge on any atom is 0.167 e. The van der Waals surface area contributed by atoms with Gasteiger partial charge < -0.3 is 4.42 Å². The lowest BCUT2D eigenvalue weighted by Crippen LogP contribution is -2.00. The summed E-state index contributed by atoms with van der Waals surface area (Å²) in [4.78, 5) is 20.1. The number of hydrogen-bond acceptors (Lipinski definition) is 6. The summed E-state index contributed by atoms with van der Waals surface area (Å²) in [7, 11) is 0. The van der Waals surface area contributed by atoms with Gasteiger partial charge in [-0.3, -0.25) is 0 Å². The molecule has 0 aliphatic carbocycles. The number of furan rings is 1. The third-order valence-electron chi connectivity index (χ3n) is 9.16. The van der Waals surface area contributed by atoms with Gasteiger partial charge in [0, 0.05) is 32.8 Å². The molecule has 6 heteroatoms. The van der Waals surface area contributed by atoms with Crippen LogP contribution < -0.4 is 0 Å². The lowest BCUT2D eigenvalue weighted by Gasteiger charge is -2.10. The summed E-state index contributed by atoms with van der Waals surface area (Å²) in [5.74, 6) is 1.77. The normalized spacial score (nSPS) is 11.6. The van der Waals surface area contributed by atoms with Gasteiger partial charge in [0.2, 0.25) is 0 Å². The highest BCUT2D eigenvalue weighted by Gasteiger charge is 2.18. The number of hydrogen-bond donors (Lipinski definition) is 0. The number of nitrogens with zero attached hydrogens (tertiary/aromatic N) is 4. The molecule has 0 bridgehead atoms. The molecule has 0 fully saturated rings. The molecule has 50 heavy (non-hydrogen) atoms. The summed E-state index contributed by atoms with van der Waals surface area (Å²) >= 11 is 1.74. The molecule has 0 saturated heterocycles. The van der Waals surface area contributed by atoms with Crippen LogP contribution in [0.3, 0.4) is 0 Å². The summed E-state index contributed by atoms with van der Waals surface area (Å²) in [5, 5.41) is 5.51. The second-order valence-corrected chi connectivity index (χ2v) is 13.3. The third-order valence-corrected chi connectivity index (χ3v) is 10.3. The Bertz CT molecular complexity index is 2880. The Morgan fingerprint density at radius 3 is 1.92 bits per heavy atom. The minimum atomic E-state index is 0.566. The van der Waals surface area contributed by atoms with Crippen molar-refractivity contribution in [3.05, 3.63) is 158 Å². The highest BCUT2D eigenvalue weighted by molar-refractivity contribution is 7.22. The van der Waals surface area contributed by atoms with Gasteiger partial charge in [-0.2, -0.15) is 0 Å². The second-order valence-electron chi connectivity index (χ2n) is 12.3. The van der Waals surface area contributed by atoms with Crippen LogP contribution in [0, 0.1) is 0 Å². The first-order valence-corrected chi connectivity index (χ1v) is 17.3. The zero-order valence-electron chi connectivity index (χ0n) is 26.6. The minimum Gasteiger partial charge on any atom is -0.455 e. The molecule has 0 aliphatic rings. The van der Waals surface area contributed by atoms with Crippen molar-refractivity contribution >= 4 is 54.3 Å². The molecule has 0 atom stereocenters. The molecule has 0 aliphatic heterocycles. The molecule has 0 amide bonds. The lowest BCUT2D eigenvalue weighted by molar-refractivity contribution is 0.669. The van der Waals surface area contributed by atoms with Crippen LogP contribution in [0.1, 0.15) is 0 Å². The van der Waals surface area contributed by atoms with Gasteiger partial charge in [0.1, 0.15) is 16.2 Å². The quantitative estimate of drug-likeness (QED) is 0.184. The van der Waals surface area contributed by atoms with Gasteiger partial charge in [-0.25, -0.2) is 19.9 Å². The van der Waals surface area contributed by atoms with Crippen LogP contribution in [0.4, 0.5) is 0 Å². The van der Waals surface area contributed by atoms with E-state index >= 15 is 0 Å². The van der Waals surface area contributed by atoms with E-state index in [1.54, 1.807) is 11.3 Å². The molecule has 0 saturated carbocycles. The highest BCUT2D eigenvalue weighted by Crippen LogP contribution is 2.38. The van der Waals surface area contributed by atoms with Crippen LogP contribution in [-0.2, 0) is 0 Å². The molecule has 0 N–H and O–H groups in total. The summed E-state index contributed by atoms with van der Waals surface area (Å²) in [5.41, 5.74) is 8.59. The van der Waals surface area contributed by atoms with Gasteiger partial charge in [-0.1, -0.05) is 127 Å². The van der Waals surface area contributed by atoms with Crippen molar-refractivity contribution in [1.82, 2.24) is 19.9 Å². The van der Waals surface area contributed by atoms with Crippen molar-refractivity contribution in [2.45, 2.75) is 0 Å². The maximum atomic E-state index is 6.39. The summed E-state index contributed by atoms with van der Waals surface area (Å²) in [6.07, 6.45) is 0. The van der Waals surface area contributed by atoms with E-state index in [2.05, 4.69) is 91.0 Å². The fraction of sp³-hybridized carbons (Fsp3) is 0. The van der Waals surface area contributed by atoms with Crippen LogP contribution in [0.5, 0.6) is 0 Å². The van der Waals surface area contributed by atoms with Crippen LogP contribution in [0.15, 0.2) is 162 Å². The van der Waals surface area contributed by atoms with E-state index in [0.29, 0.717) is 17.5 Å². The number of aromatic nitrogens is 4. The Kier molecular flexibility index (Phi) is 6.60. The SMILES string of the molecule is c1ccc(-c2nc(-c3cccc(-c4ccc5ccc6nc(-c7ccccc7)sc6c5c4)c3)nc(-c3cccc4c3oc3ccccc34)n2)cc1. The average Bonchev–Trinajstić information content (AvgIpc) is 3.81. The predicted molar refractivity (Wildman–Crippen MR) is 205 cm³/mol. The minimum absolute atomic E-state index is 0.566. The van der Waals surface area contributed by atoms with Gasteiger partial charge in [0.15, 0.2) is 17.5 Å². The van der Waals surface area contributed by atoms with E-state index in [1.165, 1.54) is 15.5 Å². The Labute approximate surface area is 291 Å². The van der Waals surface area contributed by atoms with Crippen LogP contribution >= 0.6 is 11.3 Å². The van der Waals surface area contributed by atoms with Gasteiger partial charge in [0.25, 0.3) is 0 Å². The standard InChI is InChI=1S/C44H26N4OS/c1-3-11-28(12-4-1)41-46-42(48-43(47-41)35-19-10-18-34-33-17-7-8-20-38(33)49-39(34)35)32-16-9-15-30(25-32)31-22-21-27-23-24-37-40(36(27)26-31)50-44(45-37)29-13-5-2-6-14-29/h1-26H. The topological polar surface area (TPSA) is 64.7 Å². The fourth-order valence-electron chi connectivity index (χ4n) is 6.69. The maximum absolute atomic E-state index is 6.39. The number of fused-ring (bicyclic) bond motifs is 6. The van der Waals surface area contributed by atoms with Crippen molar-refractivity contribution < 1.29 is 4.42 Å². The van der Waals surface area contributed by atoms with Crippen LogP contribution in [-0.4, -0.2) is 19.9 Å². The highest BCUT2D eigenvalue weighted by atomic mass is 32.1. The molecule has 0 spiro atoms. The zero-order chi connectivity index (χ0) is 33.0. The molecule has 3 aromatic heterocycles. The summed E-state index contributed by atoms with van der Waals surface area (Å²) in [6.45, 7) is 0. The van der Waals surface area contributed by atoms with Gasteiger partial charge >= 0.3 is 0 Å². The van der Waals surface area contributed by atoms with E-state index in [9.17, 15) is 0 Å². The number of thiazole rings is 1. The second kappa shape index (κ2) is 11.6. The molecule has 10 aromatic rings. The summed E-state index contributed by atoms with van der Waals surface area (Å²) in [6, 6.07) is 54.1. The number of para-hydroxylation sites is 2. The van der Waals surface area contributed by atoms with Crippen LogP contribution in [0.25, 0.3) is 98.8 Å². The van der Waals surface area contributed by atoms with Crippen molar-refractivity contribution in [2.24, 2.45) is 0 Å². The van der Waals surface area contributed by atoms with E-state index in [-0.39, 0.29) is 0 Å². The van der Waals surface area contributed by atoms with E-state index in [1.807, 2.05) is 66.7 Å². The van der Waals surface area contributed by atoms with Crippen LogP contribution in [0.2, 0.25) is 0 Å². The Morgan fingerprint density at radius 2 is 1.06 bits per heavy atom. The van der Waals surface area contributed by atoms with Gasteiger partial charge in [-0.05, 0) is 46.8 Å². The lowest BCUT2D eigenvalue weighted by atomic mass is 9.99. The first-order chi connectivity index (χ1) is 24.7. The molecule has 10 rings (SSSR count). The smallest absolute Gasteiger partial charge is 0.167 e. The van der Waals surface area contributed by atoms with Crippen molar-refractivity contribution in [1.29, 1.82) is 0 Å². The first kappa shape index (κ1) is 28.5. The third kappa shape index (κ3) is 4.85. The van der Waals surface area contributed by atoms with E-state index < -0.39 is 0 Å². The summed E-state index contributed by atoms with van der Waals surface area (Å²) < 4.78 is 7.58. The molecular weight excluding hydrogens is 633 g/mol. The average molecular weight is 659 g/mol. The molecule has 0 unspecified atom stereocenters. The monoisotopic (exact) mass is 658 g/mol. The molecular formula is C44H26N4OS. The number of rotatable bonds is 5.